The van der Waals surface area contributed by atoms with E-state index >= 15 is 0 Å². The van der Waals surface area contributed by atoms with E-state index in [-0.39, 0.29) is 35.1 Å². The lowest BCUT2D eigenvalue weighted by Crippen LogP contribution is -2.40. The molecule has 172 valence electrons. The molecule has 0 unspecified atom stereocenters. The van der Waals surface area contributed by atoms with Crippen LogP contribution < -0.4 is 16.0 Å². The van der Waals surface area contributed by atoms with E-state index in [4.69, 9.17) is 0 Å². The normalized spacial score (nSPS) is 18.9. The third-order valence-electron chi connectivity index (χ3n) is 5.47. The van der Waals surface area contributed by atoms with E-state index in [1.54, 1.807) is 16.5 Å². The highest BCUT2D eigenvalue weighted by atomic mass is 19.3. The second-order valence-electron chi connectivity index (χ2n) is 7.70. The maximum Gasteiger partial charge on any atom is 0.281 e. The van der Waals surface area contributed by atoms with E-state index in [1.807, 2.05) is 6.07 Å². The van der Waals surface area contributed by atoms with Crippen LogP contribution in [0, 0.1) is 0 Å². The van der Waals surface area contributed by atoms with Crippen LogP contribution in [0.4, 0.5) is 29.2 Å². The Morgan fingerprint density at radius 1 is 1.16 bits per heavy atom. The van der Waals surface area contributed by atoms with Crippen molar-refractivity contribution in [2.45, 2.75) is 50.6 Å². The van der Waals surface area contributed by atoms with Gasteiger partial charge in [-0.15, -0.1) is 0 Å². The number of H-pyrrole nitrogens is 1. The number of halogens is 4. The molecule has 1 fully saturated rings. The number of pyridine rings is 1. The van der Waals surface area contributed by atoms with Crippen LogP contribution in [0.2, 0.25) is 0 Å². The summed E-state index contributed by atoms with van der Waals surface area (Å²) in [6.45, 7) is -0.582. The van der Waals surface area contributed by atoms with Crippen molar-refractivity contribution < 1.29 is 22.4 Å². The highest BCUT2D eigenvalue weighted by Crippen LogP contribution is 2.25. The zero-order valence-electron chi connectivity index (χ0n) is 17.0. The van der Waals surface area contributed by atoms with Gasteiger partial charge in [0.1, 0.15) is 28.5 Å². The first kappa shape index (κ1) is 21.9. The Kier molecular flexibility index (Phi) is 6.47. The average Bonchev–Trinajstić information content (AvgIpc) is 3.41. The SMILES string of the molecule is O=C(N[C@H]1CC[C@@H](Nc2cccc3nc(C(F)F)cn23)CC1)c1cn[nH]c1NCC(F)F. The minimum atomic E-state index is -2.64. The standard InChI is InChI=1S/C20H23F4N7O/c21-15(22)9-25-19-13(8-26-30-19)20(32)28-12-6-4-11(5-7-12)27-16-2-1-3-17-29-14(18(23)24)10-31(16)17/h1-3,8,10-12,15,18,27H,4-7,9H2,(H,28,32)(H2,25,26,30)/t11-,12+. The quantitative estimate of drug-likeness (QED) is 0.389. The van der Waals surface area contributed by atoms with Crippen LogP contribution in [-0.4, -0.2) is 50.5 Å². The molecule has 12 heteroatoms. The van der Waals surface area contributed by atoms with Gasteiger partial charge in [0, 0.05) is 18.3 Å². The monoisotopic (exact) mass is 453 g/mol. The summed E-state index contributed by atoms with van der Waals surface area (Å²) in [6, 6.07) is 5.29. The molecule has 32 heavy (non-hydrogen) atoms. The van der Waals surface area contributed by atoms with Gasteiger partial charge in [0.25, 0.3) is 18.8 Å². The molecule has 8 nitrogen and oxygen atoms in total. The van der Waals surface area contributed by atoms with Gasteiger partial charge in [0.05, 0.1) is 12.7 Å². The molecule has 0 bridgehead atoms. The van der Waals surface area contributed by atoms with Gasteiger partial charge in [-0.2, -0.15) is 5.10 Å². The molecular formula is C20H23F4N7O. The average molecular weight is 453 g/mol. The fourth-order valence-electron chi connectivity index (χ4n) is 3.88. The lowest BCUT2D eigenvalue weighted by molar-refractivity contribution is 0.0927. The number of aromatic amines is 1. The van der Waals surface area contributed by atoms with Crippen LogP contribution in [0.3, 0.4) is 0 Å². The zero-order chi connectivity index (χ0) is 22.7. The third-order valence-corrected chi connectivity index (χ3v) is 5.47. The largest absolute Gasteiger partial charge is 0.368 e. The molecule has 1 aliphatic carbocycles. The van der Waals surface area contributed by atoms with Crippen molar-refractivity contribution in [1.82, 2.24) is 24.9 Å². The number of fused-ring (bicyclic) bond motifs is 1. The summed E-state index contributed by atoms with van der Waals surface area (Å²) < 4.78 is 52.4. The van der Waals surface area contributed by atoms with Crippen LogP contribution in [0.1, 0.15) is 48.2 Å². The fraction of sp³-hybridized carbons (Fsp3) is 0.450. The van der Waals surface area contributed by atoms with E-state index in [1.165, 1.54) is 12.4 Å². The predicted molar refractivity (Wildman–Crippen MR) is 110 cm³/mol. The number of anilines is 2. The van der Waals surface area contributed by atoms with Gasteiger partial charge >= 0.3 is 0 Å². The third kappa shape index (κ3) is 4.94. The first-order chi connectivity index (χ1) is 15.4. The number of amides is 1. The Morgan fingerprint density at radius 2 is 1.91 bits per heavy atom. The summed E-state index contributed by atoms with van der Waals surface area (Å²) in [4.78, 5) is 16.5. The smallest absolute Gasteiger partial charge is 0.281 e. The number of aromatic nitrogens is 4. The Balaban J connectivity index is 1.32. The van der Waals surface area contributed by atoms with Crippen LogP contribution in [-0.2, 0) is 0 Å². The Bertz CT molecular complexity index is 1060. The van der Waals surface area contributed by atoms with Crippen molar-refractivity contribution in [3.8, 4) is 0 Å². The minimum Gasteiger partial charge on any atom is -0.368 e. The molecule has 3 aromatic heterocycles. The molecule has 0 radical (unpaired) electrons. The summed E-state index contributed by atoms with van der Waals surface area (Å²) in [5, 5.41) is 15.1. The number of nitrogens with zero attached hydrogens (tertiary/aromatic N) is 3. The molecule has 4 rings (SSSR count). The number of nitrogens with one attached hydrogen (secondary N) is 4. The Morgan fingerprint density at radius 3 is 2.62 bits per heavy atom. The molecule has 0 saturated heterocycles. The second-order valence-corrected chi connectivity index (χ2v) is 7.70. The number of rotatable bonds is 8. The van der Waals surface area contributed by atoms with Crippen LogP contribution in [0.25, 0.3) is 5.65 Å². The maximum absolute atomic E-state index is 13.0. The molecule has 0 atom stereocenters. The van der Waals surface area contributed by atoms with E-state index in [9.17, 15) is 22.4 Å². The molecule has 3 aromatic rings. The summed E-state index contributed by atoms with van der Waals surface area (Å²) in [7, 11) is 0. The number of hydrogen-bond acceptors (Lipinski definition) is 5. The van der Waals surface area contributed by atoms with Crippen molar-refractivity contribution in [2.24, 2.45) is 0 Å². The maximum atomic E-state index is 13.0. The van der Waals surface area contributed by atoms with Crippen LogP contribution in [0.15, 0.2) is 30.6 Å². The molecule has 1 saturated carbocycles. The van der Waals surface area contributed by atoms with E-state index in [0.717, 1.165) is 12.8 Å². The molecule has 1 amide bonds. The number of carbonyl (C=O) groups excluding carboxylic acids is 1. The minimum absolute atomic E-state index is 0.0622. The van der Waals surface area contributed by atoms with Crippen molar-refractivity contribution in [3.63, 3.8) is 0 Å². The van der Waals surface area contributed by atoms with Crippen molar-refractivity contribution >= 4 is 23.2 Å². The van der Waals surface area contributed by atoms with Crippen LogP contribution >= 0.6 is 0 Å². The molecule has 0 aliphatic heterocycles. The highest BCUT2D eigenvalue weighted by Gasteiger charge is 2.25. The summed E-state index contributed by atoms with van der Waals surface area (Å²) in [5.74, 6) is 0.465. The summed E-state index contributed by atoms with van der Waals surface area (Å²) in [6.07, 6.45) is 0.399. The molecule has 0 spiro atoms. The molecule has 4 N–H and O–H groups in total. The topological polar surface area (TPSA) is 99.1 Å². The fourth-order valence-corrected chi connectivity index (χ4v) is 3.88. The van der Waals surface area contributed by atoms with E-state index < -0.39 is 19.4 Å². The van der Waals surface area contributed by atoms with Crippen molar-refractivity contribution in [2.75, 3.05) is 17.2 Å². The summed E-state index contributed by atoms with van der Waals surface area (Å²) in [5.41, 5.74) is 0.363. The van der Waals surface area contributed by atoms with Crippen LogP contribution in [0.5, 0.6) is 0 Å². The lowest BCUT2D eigenvalue weighted by Gasteiger charge is -2.30. The molecule has 0 aromatic carbocycles. The Labute approximate surface area is 180 Å². The first-order valence-corrected chi connectivity index (χ1v) is 10.3. The zero-order valence-corrected chi connectivity index (χ0v) is 17.0. The molecule has 1 aliphatic rings. The number of carbonyl (C=O) groups is 1. The Hall–Kier alpha value is -3.31. The van der Waals surface area contributed by atoms with Gasteiger partial charge in [0.2, 0.25) is 0 Å². The lowest BCUT2D eigenvalue weighted by atomic mass is 9.91. The van der Waals surface area contributed by atoms with E-state index in [2.05, 4.69) is 31.1 Å². The van der Waals surface area contributed by atoms with Gasteiger partial charge in [-0.25, -0.2) is 22.5 Å². The molecule has 3 heterocycles. The van der Waals surface area contributed by atoms with Gasteiger partial charge in [-0.05, 0) is 37.8 Å². The highest BCUT2D eigenvalue weighted by molar-refractivity contribution is 5.98. The van der Waals surface area contributed by atoms with Crippen molar-refractivity contribution in [3.05, 3.63) is 41.9 Å². The second kappa shape index (κ2) is 9.45. The van der Waals surface area contributed by atoms with Gasteiger partial charge in [-0.1, -0.05) is 6.07 Å². The first-order valence-electron chi connectivity index (χ1n) is 10.3. The predicted octanol–water partition coefficient (Wildman–Crippen LogP) is 3.83. The number of imidazole rings is 1. The van der Waals surface area contributed by atoms with Crippen molar-refractivity contribution in [1.29, 1.82) is 0 Å². The number of alkyl halides is 4. The molecular weight excluding hydrogens is 430 g/mol. The summed E-state index contributed by atoms with van der Waals surface area (Å²) >= 11 is 0. The van der Waals surface area contributed by atoms with Gasteiger partial charge in [0.15, 0.2) is 0 Å². The van der Waals surface area contributed by atoms with E-state index in [0.29, 0.717) is 24.3 Å². The van der Waals surface area contributed by atoms with Gasteiger partial charge < -0.3 is 16.0 Å². The van der Waals surface area contributed by atoms with Gasteiger partial charge in [-0.3, -0.25) is 14.3 Å². The number of hydrogen-bond donors (Lipinski definition) is 4.